The summed E-state index contributed by atoms with van der Waals surface area (Å²) in [4.78, 5) is 0.0375. The summed E-state index contributed by atoms with van der Waals surface area (Å²) < 4.78 is 39.8. The van der Waals surface area contributed by atoms with Gasteiger partial charge in [-0.25, -0.2) is 12.8 Å². The van der Waals surface area contributed by atoms with Crippen LogP contribution in [0.4, 0.5) is 4.39 Å². The van der Waals surface area contributed by atoms with E-state index in [-0.39, 0.29) is 10.9 Å². The Balaban J connectivity index is 2.31. The second-order valence-corrected chi connectivity index (χ2v) is 6.67. The standard InChI is InChI=1S/C13H19FN2O2S/c1-15-10-12-6-2-3-8-16(12)19(17,18)13-7-4-5-11(14)9-13/h4-5,7,9,12,15H,2-3,6,8,10H2,1H3. The highest BCUT2D eigenvalue weighted by Gasteiger charge is 2.33. The molecule has 0 amide bonds. The van der Waals surface area contributed by atoms with Crippen molar-refractivity contribution in [3.05, 3.63) is 30.1 Å². The topological polar surface area (TPSA) is 49.4 Å². The molecule has 1 aromatic carbocycles. The highest BCUT2D eigenvalue weighted by molar-refractivity contribution is 7.89. The fourth-order valence-electron chi connectivity index (χ4n) is 2.49. The minimum Gasteiger partial charge on any atom is -0.318 e. The van der Waals surface area contributed by atoms with Gasteiger partial charge in [-0.15, -0.1) is 0 Å². The molecule has 0 spiro atoms. The molecular weight excluding hydrogens is 267 g/mol. The number of nitrogens with one attached hydrogen (secondary N) is 1. The lowest BCUT2D eigenvalue weighted by Gasteiger charge is -2.34. The molecule has 1 aliphatic heterocycles. The van der Waals surface area contributed by atoms with Crippen molar-refractivity contribution >= 4 is 10.0 Å². The first-order valence-electron chi connectivity index (χ1n) is 6.47. The third-order valence-corrected chi connectivity index (χ3v) is 5.36. The summed E-state index contributed by atoms with van der Waals surface area (Å²) in [6.07, 6.45) is 2.73. The molecule has 2 rings (SSSR count). The molecule has 0 radical (unpaired) electrons. The SMILES string of the molecule is CNCC1CCCCN1S(=O)(=O)c1cccc(F)c1. The van der Waals surface area contributed by atoms with Crippen LogP contribution < -0.4 is 5.32 Å². The fourth-order valence-corrected chi connectivity index (χ4v) is 4.22. The molecule has 1 N–H and O–H groups in total. The van der Waals surface area contributed by atoms with Crippen LogP contribution in [0.1, 0.15) is 19.3 Å². The molecule has 0 aromatic heterocycles. The molecule has 4 nitrogen and oxygen atoms in total. The fraction of sp³-hybridized carbons (Fsp3) is 0.538. The molecule has 1 aromatic rings. The third kappa shape index (κ3) is 3.13. The van der Waals surface area contributed by atoms with E-state index in [1.165, 1.54) is 22.5 Å². The zero-order valence-corrected chi connectivity index (χ0v) is 11.8. The Labute approximate surface area is 113 Å². The van der Waals surface area contributed by atoms with Gasteiger partial charge in [-0.2, -0.15) is 4.31 Å². The molecule has 0 saturated carbocycles. The maximum Gasteiger partial charge on any atom is 0.243 e. The van der Waals surface area contributed by atoms with Crippen LogP contribution in [0.25, 0.3) is 0 Å². The lowest BCUT2D eigenvalue weighted by molar-refractivity contribution is 0.249. The molecule has 1 heterocycles. The van der Waals surface area contributed by atoms with Gasteiger partial charge in [0.1, 0.15) is 5.82 Å². The van der Waals surface area contributed by atoms with Crippen molar-refractivity contribution in [2.75, 3.05) is 20.1 Å². The second kappa shape index (κ2) is 5.98. The number of benzene rings is 1. The van der Waals surface area contributed by atoms with Crippen molar-refractivity contribution in [3.63, 3.8) is 0 Å². The Morgan fingerprint density at radius 3 is 2.89 bits per heavy atom. The van der Waals surface area contributed by atoms with Crippen molar-refractivity contribution in [3.8, 4) is 0 Å². The van der Waals surface area contributed by atoms with Gasteiger partial charge in [-0.05, 0) is 38.1 Å². The summed E-state index contributed by atoms with van der Waals surface area (Å²) in [7, 11) is -1.80. The average molecular weight is 286 g/mol. The van der Waals surface area contributed by atoms with Gasteiger partial charge >= 0.3 is 0 Å². The van der Waals surface area contributed by atoms with Gasteiger partial charge in [0.15, 0.2) is 0 Å². The first-order valence-corrected chi connectivity index (χ1v) is 7.91. The van der Waals surface area contributed by atoms with E-state index in [2.05, 4.69) is 5.32 Å². The number of piperidine rings is 1. The maximum absolute atomic E-state index is 13.2. The van der Waals surface area contributed by atoms with Gasteiger partial charge in [-0.3, -0.25) is 0 Å². The predicted octanol–water partition coefficient (Wildman–Crippen LogP) is 1.59. The van der Waals surface area contributed by atoms with Crippen LogP contribution in [0, 0.1) is 5.82 Å². The van der Waals surface area contributed by atoms with E-state index in [0.717, 1.165) is 25.3 Å². The third-order valence-electron chi connectivity index (χ3n) is 3.42. The summed E-state index contributed by atoms with van der Waals surface area (Å²) >= 11 is 0. The van der Waals surface area contributed by atoms with Gasteiger partial charge in [0, 0.05) is 19.1 Å². The number of nitrogens with zero attached hydrogens (tertiary/aromatic N) is 1. The Bertz CT molecular complexity index is 531. The van der Waals surface area contributed by atoms with Crippen molar-refractivity contribution in [2.24, 2.45) is 0 Å². The molecule has 6 heteroatoms. The molecule has 19 heavy (non-hydrogen) atoms. The zero-order chi connectivity index (χ0) is 13.9. The van der Waals surface area contributed by atoms with Gasteiger partial charge in [-0.1, -0.05) is 12.5 Å². The molecule has 1 aliphatic rings. The molecule has 0 aliphatic carbocycles. The zero-order valence-electron chi connectivity index (χ0n) is 11.0. The van der Waals surface area contributed by atoms with Crippen molar-refractivity contribution in [1.82, 2.24) is 9.62 Å². The molecule has 1 unspecified atom stereocenters. The van der Waals surface area contributed by atoms with Crippen LogP contribution in [-0.2, 0) is 10.0 Å². The molecule has 106 valence electrons. The van der Waals surface area contributed by atoms with Crippen LogP contribution >= 0.6 is 0 Å². The minimum atomic E-state index is -3.60. The summed E-state index contributed by atoms with van der Waals surface area (Å²) in [6, 6.07) is 5.16. The van der Waals surface area contributed by atoms with E-state index in [0.29, 0.717) is 13.1 Å². The number of hydrogen-bond donors (Lipinski definition) is 1. The van der Waals surface area contributed by atoms with E-state index in [9.17, 15) is 12.8 Å². The molecule has 1 fully saturated rings. The summed E-state index contributed by atoms with van der Waals surface area (Å²) in [6.45, 7) is 1.12. The van der Waals surface area contributed by atoms with Crippen LogP contribution in [0.2, 0.25) is 0 Å². The van der Waals surface area contributed by atoms with Crippen LogP contribution in [0.3, 0.4) is 0 Å². The van der Waals surface area contributed by atoms with Gasteiger partial charge in [0.25, 0.3) is 0 Å². The quantitative estimate of drug-likeness (QED) is 0.914. The number of likely N-dealkylation sites (N-methyl/N-ethyl adjacent to an activating group) is 1. The van der Waals surface area contributed by atoms with Crippen LogP contribution in [0.15, 0.2) is 29.2 Å². The van der Waals surface area contributed by atoms with E-state index in [1.807, 2.05) is 7.05 Å². The van der Waals surface area contributed by atoms with Crippen molar-refractivity contribution in [1.29, 1.82) is 0 Å². The smallest absolute Gasteiger partial charge is 0.243 e. The van der Waals surface area contributed by atoms with E-state index < -0.39 is 15.8 Å². The summed E-state index contributed by atoms with van der Waals surface area (Å²) in [5.74, 6) is -0.525. The summed E-state index contributed by atoms with van der Waals surface area (Å²) in [5.41, 5.74) is 0. The Morgan fingerprint density at radius 2 is 2.21 bits per heavy atom. The molecular formula is C13H19FN2O2S. The van der Waals surface area contributed by atoms with Crippen LogP contribution in [0.5, 0.6) is 0 Å². The lowest BCUT2D eigenvalue weighted by atomic mass is 10.1. The Hall–Kier alpha value is -0.980. The van der Waals surface area contributed by atoms with Gasteiger partial charge in [0.2, 0.25) is 10.0 Å². The molecule has 1 atom stereocenters. The first kappa shape index (κ1) is 14.4. The van der Waals surface area contributed by atoms with E-state index in [1.54, 1.807) is 0 Å². The monoisotopic (exact) mass is 286 g/mol. The van der Waals surface area contributed by atoms with Crippen molar-refractivity contribution < 1.29 is 12.8 Å². The Morgan fingerprint density at radius 1 is 1.42 bits per heavy atom. The average Bonchev–Trinajstić information content (AvgIpc) is 2.39. The largest absolute Gasteiger partial charge is 0.318 e. The van der Waals surface area contributed by atoms with E-state index in [4.69, 9.17) is 0 Å². The second-order valence-electron chi connectivity index (χ2n) is 4.78. The van der Waals surface area contributed by atoms with Crippen molar-refractivity contribution in [2.45, 2.75) is 30.2 Å². The predicted molar refractivity (Wildman–Crippen MR) is 71.9 cm³/mol. The van der Waals surface area contributed by atoms with Gasteiger partial charge < -0.3 is 5.32 Å². The first-order chi connectivity index (χ1) is 9.05. The van der Waals surface area contributed by atoms with Gasteiger partial charge in [0.05, 0.1) is 4.90 Å². The normalized spacial score (nSPS) is 21.5. The highest BCUT2D eigenvalue weighted by Crippen LogP contribution is 2.25. The minimum absolute atomic E-state index is 0.0375. The summed E-state index contributed by atoms with van der Waals surface area (Å²) in [5, 5.41) is 3.02. The number of rotatable bonds is 4. The Kier molecular flexibility index (Phi) is 4.54. The number of sulfonamides is 1. The lowest BCUT2D eigenvalue weighted by Crippen LogP contribution is -2.47. The molecule has 1 saturated heterocycles. The highest BCUT2D eigenvalue weighted by atomic mass is 32.2. The number of halogens is 1. The maximum atomic E-state index is 13.2. The van der Waals surface area contributed by atoms with E-state index >= 15 is 0 Å². The molecule has 0 bridgehead atoms. The number of hydrogen-bond acceptors (Lipinski definition) is 3. The van der Waals surface area contributed by atoms with Crippen LogP contribution in [-0.4, -0.2) is 38.9 Å².